The summed E-state index contributed by atoms with van der Waals surface area (Å²) in [5.74, 6) is -1.21. The SMILES string of the molecule is OB(O)c1ccc(Oc2cccc(F)c2)c(F)c1. The molecule has 0 fully saturated rings. The molecule has 0 saturated heterocycles. The van der Waals surface area contributed by atoms with Gasteiger partial charge in [-0.05, 0) is 29.7 Å². The summed E-state index contributed by atoms with van der Waals surface area (Å²) in [6.07, 6.45) is 0. The normalized spacial score (nSPS) is 10.2. The van der Waals surface area contributed by atoms with Gasteiger partial charge in [0.2, 0.25) is 0 Å². The molecule has 3 nitrogen and oxygen atoms in total. The van der Waals surface area contributed by atoms with Crippen LogP contribution in [-0.2, 0) is 0 Å². The Morgan fingerprint density at radius 1 is 1.00 bits per heavy atom. The molecule has 0 aliphatic heterocycles. The van der Waals surface area contributed by atoms with Crippen LogP contribution in [0.3, 0.4) is 0 Å². The summed E-state index contributed by atoms with van der Waals surface area (Å²) in [6.45, 7) is 0. The standard InChI is InChI=1S/C12H9BF2O3/c14-9-2-1-3-10(7-9)18-12-5-4-8(13(16)17)6-11(12)15/h1-7,16-17H. The van der Waals surface area contributed by atoms with Gasteiger partial charge in [0.05, 0.1) is 0 Å². The molecule has 0 aliphatic rings. The highest BCUT2D eigenvalue weighted by atomic mass is 19.1. The van der Waals surface area contributed by atoms with E-state index in [1.54, 1.807) is 0 Å². The van der Waals surface area contributed by atoms with Crippen molar-refractivity contribution in [2.75, 3.05) is 0 Å². The van der Waals surface area contributed by atoms with Crippen molar-refractivity contribution in [1.82, 2.24) is 0 Å². The van der Waals surface area contributed by atoms with Crippen molar-refractivity contribution in [3.63, 3.8) is 0 Å². The molecule has 0 amide bonds. The summed E-state index contributed by atoms with van der Waals surface area (Å²) in [5.41, 5.74) is 0.0130. The van der Waals surface area contributed by atoms with Gasteiger partial charge in [-0.2, -0.15) is 0 Å². The van der Waals surface area contributed by atoms with Crippen LogP contribution >= 0.6 is 0 Å². The Kier molecular flexibility index (Phi) is 3.59. The predicted octanol–water partition coefficient (Wildman–Crippen LogP) is 1.44. The number of rotatable bonds is 3. The highest BCUT2D eigenvalue weighted by Crippen LogP contribution is 2.23. The minimum atomic E-state index is -1.75. The van der Waals surface area contributed by atoms with Crippen LogP contribution in [0.4, 0.5) is 8.78 Å². The highest BCUT2D eigenvalue weighted by Gasteiger charge is 2.14. The molecule has 0 atom stereocenters. The topological polar surface area (TPSA) is 49.7 Å². The summed E-state index contributed by atoms with van der Waals surface area (Å²) in [4.78, 5) is 0. The lowest BCUT2D eigenvalue weighted by molar-refractivity contribution is 0.423. The van der Waals surface area contributed by atoms with Crippen LogP contribution in [0.2, 0.25) is 0 Å². The van der Waals surface area contributed by atoms with Crippen LogP contribution in [0.15, 0.2) is 42.5 Å². The van der Waals surface area contributed by atoms with E-state index >= 15 is 0 Å². The molecule has 18 heavy (non-hydrogen) atoms. The molecule has 0 aliphatic carbocycles. The molecule has 6 heteroatoms. The number of benzene rings is 2. The van der Waals surface area contributed by atoms with E-state index < -0.39 is 18.8 Å². The molecule has 0 aromatic heterocycles. The number of ether oxygens (including phenoxy) is 1. The van der Waals surface area contributed by atoms with E-state index in [4.69, 9.17) is 14.8 Å². The van der Waals surface area contributed by atoms with Crippen LogP contribution in [0.25, 0.3) is 0 Å². The molecule has 0 bridgehead atoms. The zero-order valence-electron chi connectivity index (χ0n) is 9.18. The summed E-state index contributed by atoms with van der Waals surface area (Å²) < 4.78 is 31.6. The van der Waals surface area contributed by atoms with Gasteiger partial charge in [-0.1, -0.05) is 12.1 Å². The number of halogens is 2. The van der Waals surface area contributed by atoms with Gasteiger partial charge in [0.15, 0.2) is 11.6 Å². The average molecular weight is 250 g/mol. The lowest BCUT2D eigenvalue weighted by Crippen LogP contribution is -2.29. The molecular weight excluding hydrogens is 241 g/mol. The quantitative estimate of drug-likeness (QED) is 0.810. The van der Waals surface area contributed by atoms with E-state index in [9.17, 15) is 8.78 Å². The Balaban J connectivity index is 2.24. The molecule has 2 N–H and O–H groups in total. The van der Waals surface area contributed by atoms with Crippen molar-refractivity contribution in [3.8, 4) is 11.5 Å². The van der Waals surface area contributed by atoms with Gasteiger partial charge in [0, 0.05) is 6.07 Å². The fourth-order valence-corrected chi connectivity index (χ4v) is 1.42. The first-order chi connectivity index (χ1) is 8.56. The maximum atomic E-state index is 13.6. The summed E-state index contributed by atoms with van der Waals surface area (Å²) in [6, 6.07) is 8.78. The van der Waals surface area contributed by atoms with Crippen molar-refractivity contribution in [3.05, 3.63) is 54.1 Å². The van der Waals surface area contributed by atoms with E-state index in [0.717, 1.165) is 12.1 Å². The second kappa shape index (κ2) is 5.16. The molecule has 0 spiro atoms. The lowest BCUT2D eigenvalue weighted by Gasteiger charge is -2.08. The Morgan fingerprint density at radius 2 is 1.78 bits per heavy atom. The maximum Gasteiger partial charge on any atom is 0.488 e. The van der Waals surface area contributed by atoms with Gasteiger partial charge < -0.3 is 14.8 Å². The van der Waals surface area contributed by atoms with E-state index in [1.165, 1.54) is 30.3 Å². The first-order valence-corrected chi connectivity index (χ1v) is 5.15. The lowest BCUT2D eigenvalue weighted by atomic mass is 9.80. The Morgan fingerprint density at radius 3 is 2.39 bits per heavy atom. The predicted molar refractivity (Wildman–Crippen MR) is 62.7 cm³/mol. The van der Waals surface area contributed by atoms with Crippen molar-refractivity contribution in [2.45, 2.75) is 0 Å². The average Bonchev–Trinajstić information content (AvgIpc) is 2.31. The molecule has 0 radical (unpaired) electrons. The molecular formula is C12H9BF2O3. The second-order valence-corrected chi connectivity index (χ2v) is 3.62. The maximum absolute atomic E-state index is 13.6. The van der Waals surface area contributed by atoms with E-state index in [1.807, 2.05) is 0 Å². The third-order valence-electron chi connectivity index (χ3n) is 2.28. The Bertz CT molecular complexity index is 561. The second-order valence-electron chi connectivity index (χ2n) is 3.62. The first kappa shape index (κ1) is 12.5. The van der Waals surface area contributed by atoms with Crippen LogP contribution < -0.4 is 10.2 Å². The van der Waals surface area contributed by atoms with Crippen molar-refractivity contribution < 1.29 is 23.6 Å². The van der Waals surface area contributed by atoms with Crippen LogP contribution in [0.5, 0.6) is 11.5 Å². The molecule has 92 valence electrons. The highest BCUT2D eigenvalue weighted by molar-refractivity contribution is 6.58. The van der Waals surface area contributed by atoms with Crippen molar-refractivity contribution >= 4 is 12.6 Å². The number of hydrogen-bond acceptors (Lipinski definition) is 3. The molecule has 0 saturated carbocycles. The third kappa shape index (κ3) is 2.85. The Hall–Kier alpha value is -1.92. The minimum Gasteiger partial charge on any atom is -0.454 e. The summed E-state index contributed by atoms with van der Waals surface area (Å²) >= 11 is 0. The molecule has 2 aromatic carbocycles. The monoisotopic (exact) mass is 250 g/mol. The molecule has 0 heterocycles. The first-order valence-electron chi connectivity index (χ1n) is 5.15. The molecule has 0 unspecified atom stereocenters. The minimum absolute atomic E-state index is 0.0130. The zero-order chi connectivity index (χ0) is 13.1. The van der Waals surface area contributed by atoms with Gasteiger partial charge in [-0.3, -0.25) is 0 Å². The van der Waals surface area contributed by atoms with Crippen LogP contribution in [0.1, 0.15) is 0 Å². The van der Waals surface area contributed by atoms with E-state index in [-0.39, 0.29) is 17.0 Å². The fourth-order valence-electron chi connectivity index (χ4n) is 1.42. The van der Waals surface area contributed by atoms with Gasteiger partial charge in [-0.15, -0.1) is 0 Å². The fraction of sp³-hybridized carbons (Fsp3) is 0. The van der Waals surface area contributed by atoms with E-state index in [0.29, 0.717) is 0 Å². The summed E-state index contributed by atoms with van der Waals surface area (Å²) in [7, 11) is -1.75. The van der Waals surface area contributed by atoms with Crippen LogP contribution in [0, 0.1) is 11.6 Å². The van der Waals surface area contributed by atoms with Crippen molar-refractivity contribution in [1.29, 1.82) is 0 Å². The van der Waals surface area contributed by atoms with Gasteiger partial charge in [-0.25, -0.2) is 8.78 Å². The van der Waals surface area contributed by atoms with Gasteiger partial charge in [0.1, 0.15) is 11.6 Å². The van der Waals surface area contributed by atoms with Crippen LogP contribution in [-0.4, -0.2) is 17.2 Å². The third-order valence-corrected chi connectivity index (χ3v) is 2.28. The smallest absolute Gasteiger partial charge is 0.454 e. The number of hydrogen-bond donors (Lipinski definition) is 2. The zero-order valence-corrected chi connectivity index (χ0v) is 9.18. The Labute approximate surface area is 102 Å². The molecule has 2 rings (SSSR count). The molecule has 2 aromatic rings. The summed E-state index contributed by atoms with van der Waals surface area (Å²) in [5, 5.41) is 17.7. The van der Waals surface area contributed by atoms with Gasteiger partial charge in [0.25, 0.3) is 0 Å². The van der Waals surface area contributed by atoms with E-state index in [2.05, 4.69) is 0 Å². The van der Waals surface area contributed by atoms with Crippen molar-refractivity contribution in [2.24, 2.45) is 0 Å². The largest absolute Gasteiger partial charge is 0.488 e. The van der Waals surface area contributed by atoms with Gasteiger partial charge >= 0.3 is 7.12 Å².